The molecule has 3 aromatic rings. The van der Waals surface area contributed by atoms with Crippen molar-refractivity contribution in [3.8, 4) is 17.2 Å². The van der Waals surface area contributed by atoms with Gasteiger partial charge >= 0.3 is 6.09 Å². The number of benzene rings is 2. The number of ether oxygens (including phenoxy) is 1. The van der Waals surface area contributed by atoms with E-state index in [0.717, 1.165) is 5.56 Å². The van der Waals surface area contributed by atoms with Gasteiger partial charge in [-0.15, -0.1) is 0 Å². The zero-order valence-corrected chi connectivity index (χ0v) is 17.2. The Balaban J connectivity index is 1.93. The average molecular weight is 410 g/mol. The van der Waals surface area contributed by atoms with Gasteiger partial charge in [-0.3, -0.25) is 0 Å². The first-order valence-electron chi connectivity index (χ1n) is 9.37. The van der Waals surface area contributed by atoms with E-state index in [1.807, 2.05) is 0 Å². The summed E-state index contributed by atoms with van der Waals surface area (Å²) in [4.78, 5) is 19.8. The largest absolute Gasteiger partial charge is 0.444 e. The summed E-state index contributed by atoms with van der Waals surface area (Å²) in [6.45, 7) is 6.47. The van der Waals surface area contributed by atoms with E-state index >= 15 is 0 Å². The third-order valence-electron chi connectivity index (χ3n) is 4.52. The normalized spacial score (nSPS) is 13.5. The van der Waals surface area contributed by atoms with Crippen LogP contribution in [-0.4, -0.2) is 33.4 Å². The fourth-order valence-corrected chi connectivity index (χ4v) is 2.94. The minimum Gasteiger partial charge on any atom is -0.444 e. The molecule has 0 saturated heterocycles. The minimum absolute atomic E-state index is 0.0180. The van der Waals surface area contributed by atoms with Gasteiger partial charge in [-0.05, 0) is 63.1 Å². The summed E-state index contributed by atoms with van der Waals surface area (Å²) in [6.07, 6.45) is -0.673. The third kappa shape index (κ3) is 4.42. The minimum atomic E-state index is -1.19. The summed E-state index contributed by atoms with van der Waals surface area (Å²) < 4.78 is 19.2. The molecular weight excluding hydrogens is 387 g/mol. The monoisotopic (exact) mass is 410 g/mol. The fourth-order valence-electron chi connectivity index (χ4n) is 2.94. The number of imidazole rings is 1. The zero-order chi connectivity index (χ0) is 22.1. The van der Waals surface area contributed by atoms with Crippen LogP contribution in [0.15, 0.2) is 36.4 Å². The number of carbonyl (C=O) groups is 1. The highest BCUT2D eigenvalue weighted by atomic mass is 19.1. The van der Waals surface area contributed by atoms with Crippen molar-refractivity contribution < 1.29 is 19.0 Å². The highest BCUT2D eigenvalue weighted by Crippen LogP contribution is 2.27. The number of fused-ring (bicyclic) bond motifs is 1. The number of rotatable bonds is 4. The Bertz CT molecular complexity index is 1140. The average Bonchev–Trinajstić information content (AvgIpc) is 3.10. The van der Waals surface area contributed by atoms with Gasteiger partial charge in [0, 0.05) is 0 Å². The van der Waals surface area contributed by atoms with Gasteiger partial charge in [0.25, 0.3) is 0 Å². The van der Waals surface area contributed by atoms with Gasteiger partial charge in [0.05, 0.1) is 23.2 Å². The van der Waals surface area contributed by atoms with Crippen molar-refractivity contribution in [1.29, 1.82) is 5.26 Å². The van der Waals surface area contributed by atoms with Crippen LogP contribution < -0.4 is 5.32 Å². The number of nitrogens with one attached hydrogen (secondary N) is 2. The number of aliphatic hydroxyl groups excluding tert-OH is 1. The van der Waals surface area contributed by atoms with E-state index in [-0.39, 0.29) is 5.56 Å². The maximum Gasteiger partial charge on any atom is 0.408 e. The van der Waals surface area contributed by atoms with Gasteiger partial charge in [0.1, 0.15) is 28.9 Å². The molecular formula is C22H23FN4O3. The van der Waals surface area contributed by atoms with Gasteiger partial charge in [-0.2, -0.15) is 5.26 Å². The molecule has 30 heavy (non-hydrogen) atoms. The lowest BCUT2D eigenvalue weighted by atomic mass is 10.0. The Morgan fingerprint density at radius 3 is 2.50 bits per heavy atom. The van der Waals surface area contributed by atoms with Crippen LogP contribution in [0.5, 0.6) is 0 Å². The van der Waals surface area contributed by atoms with Crippen molar-refractivity contribution >= 4 is 17.1 Å². The van der Waals surface area contributed by atoms with Crippen LogP contribution in [0.3, 0.4) is 0 Å². The standard InChI is InChI=1S/C22H23FN4O3/c1-21(2,3)30-20(29)27-22(4,12-28)19-25-17-8-7-14(10-18(17)26-19)13-5-6-15(11-24)16(23)9-13/h5-10,28H,12H2,1-4H3,(H,25,26)(H,27,29). The van der Waals surface area contributed by atoms with E-state index in [0.29, 0.717) is 22.4 Å². The van der Waals surface area contributed by atoms with Crippen molar-refractivity contribution in [2.24, 2.45) is 0 Å². The van der Waals surface area contributed by atoms with Crippen LogP contribution in [0, 0.1) is 17.1 Å². The van der Waals surface area contributed by atoms with E-state index in [2.05, 4.69) is 15.3 Å². The Labute approximate surface area is 173 Å². The summed E-state index contributed by atoms with van der Waals surface area (Å²) in [5.41, 5.74) is 0.720. The third-order valence-corrected chi connectivity index (χ3v) is 4.52. The molecule has 3 rings (SSSR count). The smallest absolute Gasteiger partial charge is 0.408 e. The maximum absolute atomic E-state index is 14.0. The first kappa shape index (κ1) is 21.3. The number of hydrogen-bond acceptors (Lipinski definition) is 5. The molecule has 1 aromatic heterocycles. The Kier molecular flexibility index (Phi) is 5.51. The molecule has 156 valence electrons. The van der Waals surface area contributed by atoms with Gasteiger partial charge in [0.2, 0.25) is 0 Å². The van der Waals surface area contributed by atoms with Gasteiger partial charge in [-0.1, -0.05) is 12.1 Å². The van der Waals surface area contributed by atoms with E-state index < -0.39 is 29.7 Å². The molecule has 1 atom stereocenters. The second-order valence-corrected chi connectivity index (χ2v) is 8.24. The van der Waals surface area contributed by atoms with Crippen LogP contribution in [0.2, 0.25) is 0 Å². The molecule has 0 aliphatic heterocycles. The summed E-state index contributed by atoms with van der Waals surface area (Å²) in [7, 11) is 0. The Morgan fingerprint density at radius 2 is 1.90 bits per heavy atom. The highest BCUT2D eigenvalue weighted by Gasteiger charge is 2.33. The van der Waals surface area contributed by atoms with Crippen LogP contribution in [0.4, 0.5) is 9.18 Å². The molecule has 8 heteroatoms. The Hall–Kier alpha value is -3.44. The lowest BCUT2D eigenvalue weighted by Gasteiger charge is -2.28. The van der Waals surface area contributed by atoms with Crippen molar-refractivity contribution in [3.05, 3.63) is 53.6 Å². The highest BCUT2D eigenvalue weighted by molar-refractivity contribution is 5.82. The van der Waals surface area contributed by atoms with E-state index in [9.17, 15) is 14.3 Å². The van der Waals surface area contributed by atoms with Crippen molar-refractivity contribution in [3.63, 3.8) is 0 Å². The summed E-state index contributed by atoms with van der Waals surface area (Å²) in [5, 5.41) is 21.5. The number of aromatic nitrogens is 2. The first-order valence-corrected chi connectivity index (χ1v) is 9.37. The predicted molar refractivity (Wildman–Crippen MR) is 110 cm³/mol. The van der Waals surface area contributed by atoms with Gasteiger partial charge in [0.15, 0.2) is 0 Å². The molecule has 1 heterocycles. The molecule has 0 saturated carbocycles. The molecule has 0 radical (unpaired) electrons. The summed E-state index contributed by atoms with van der Waals surface area (Å²) >= 11 is 0. The van der Waals surface area contributed by atoms with Crippen LogP contribution in [-0.2, 0) is 10.3 Å². The number of amides is 1. The van der Waals surface area contributed by atoms with E-state index in [4.69, 9.17) is 10.00 Å². The molecule has 1 unspecified atom stereocenters. The number of carbonyl (C=O) groups excluding carboxylic acids is 1. The first-order chi connectivity index (χ1) is 14.0. The number of nitrogens with zero attached hydrogens (tertiary/aromatic N) is 2. The number of aromatic amines is 1. The second-order valence-electron chi connectivity index (χ2n) is 8.24. The van der Waals surface area contributed by atoms with E-state index in [1.54, 1.807) is 58.0 Å². The molecule has 0 aliphatic rings. The maximum atomic E-state index is 14.0. The summed E-state index contributed by atoms with van der Waals surface area (Å²) in [5.74, 6) is -0.233. The van der Waals surface area contributed by atoms with Gasteiger partial charge in [-0.25, -0.2) is 14.2 Å². The van der Waals surface area contributed by atoms with Crippen molar-refractivity contribution in [1.82, 2.24) is 15.3 Å². The zero-order valence-electron chi connectivity index (χ0n) is 17.2. The molecule has 0 fully saturated rings. The molecule has 7 nitrogen and oxygen atoms in total. The summed E-state index contributed by atoms with van der Waals surface area (Å²) in [6, 6.07) is 11.5. The molecule has 3 N–H and O–H groups in total. The lowest BCUT2D eigenvalue weighted by Crippen LogP contribution is -2.48. The second kappa shape index (κ2) is 7.76. The van der Waals surface area contributed by atoms with Gasteiger partial charge < -0.3 is 20.1 Å². The fraction of sp³-hybridized carbons (Fsp3) is 0.318. The van der Waals surface area contributed by atoms with E-state index in [1.165, 1.54) is 12.1 Å². The number of aliphatic hydroxyl groups is 1. The number of nitriles is 1. The topological polar surface area (TPSA) is 111 Å². The number of halogens is 1. The molecule has 0 spiro atoms. The van der Waals surface area contributed by atoms with Crippen LogP contribution >= 0.6 is 0 Å². The number of alkyl carbamates (subject to hydrolysis) is 1. The van der Waals surface area contributed by atoms with Crippen LogP contribution in [0.1, 0.15) is 39.1 Å². The SMILES string of the molecule is CC(C)(C)OC(=O)NC(C)(CO)c1nc2ccc(-c3ccc(C#N)c(F)c3)cc2[nH]1. The quantitative estimate of drug-likeness (QED) is 0.603. The number of hydrogen-bond donors (Lipinski definition) is 3. The lowest BCUT2D eigenvalue weighted by molar-refractivity contribution is 0.0403. The van der Waals surface area contributed by atoms with Crippen molar-refractivity contribution in [2.75, 3.05) is 6.61 Å². The Morgan fingerprint density at radius 1 is 1.23 bits per heavy atom. The number of H-pyrrole nitrogens is 1. The van der Waals surface area contributed by atoms with Crippen LogP contribution in [0.25, 0.3) is 22.2 Å². The molecule has 1 amide bonds. The molecule has 0 aliphatic carbocycles. The molecule has 0 bridgehead atoms. The van der Waals surface area contributed by atoms with Crippen molar-refractivity contribution in [2.45, 2.75) is 38.8 Å². The predicted octanol–water partition coefficient (Wildman–Crippen LogP) is 3.97. The molecule has 2 aromatic carbocycles.